The third kappa shape index (κ3) is 3.84. The van der Waals surface area contributed by atoms with Crippen LogP contribution in [-0.2, 0) is 14.4 Å². The summed E-state index contributed by atoms with van der Waals surface area (Å²) in [4.78, 5) is 35.3. The van der Waals surface area contributed by atoms with Crippen LogP contribution in [0.5, 0.6) is 5.75 Å². The van der Waals surface area contributed by atoms with Crippen LogP contribution >= 0.6 is 11.8 Å². The van der Waals surface area contributed by atoms with Crippen LogP contribution in [0.4, 0.5) is 0 Å². The van der Waals surface area contributed by atoms with Crippen LogP contribution in [0.15, 0.2) is 36.4 Å². The molecule has 1 aliphatic rings. The molecule has 1 heterocycles. The van der Waals surface area contributed by atoms with Crippen molar-refractivity contribution in [3.05, 3.63) is 42.0 Å². The Morgan fingerprint density at radius 2 is 1.96 bits per heavy atom. The molecule has 0 saturated carbocycles. The standard InChI is InChI=1S/C15H15NO6S/c17-11-5-2-1-4-9(11)14-16(10(8-23-14)15(21)22)12(18)6-3-7-13(19)20/h1-6,10,14,17H,7-8H2,(H,19,20)(H,21,22)/t10-,14?/m0/s1. The third-order valence-electron chi connectivity index (χ3n) is 3.30. The van der Waals surface area contributed by atoms with Crippen molar-refractivity contribution in [1.82, 2.24) is 4.90 Å². The van der Waals surface area contributed by atoms with Crippen molar-refractivity contribution < 1.29 is 29.7 Å². The van der Waals surface area contributed by atoms with Crippen molar-refractivity contribution in [1.29, 1.82) is 0 Å². The number of amides is 1. The maximum atomic E-state index is 12.3. The fraction of sp³-hybridized carbons (Fsp3) is 0.267. The van der Waals surface area contributed by atoms with Crippen LogP contribution in [0.1, 0.15) is 17.4 Å². The third-order valence-corrected chi connectivity index (χ3v) is 4.60. The van der Waals surface area contributed by atoms with E-state index in [1.54, 1.807) is 18.2 Å². The van der Waals surface area contributed by atoms with Crippen molar-refractivity contribution in [3.63, 3.8) is 0 Å². The molecule has 3 N–H and O–H groups in total. The summed E-state index contributed by atoms with van der Waals surface area (Å²) < 4.78 is 0. The van der Waals surface area contributed by atoms with Gasteiger partial charge in [0.05, 0.1) is 6.42 Å². The highest BCUT2D eigenvalue weighted by molar-refractivity contribution is 7.99. The van der Waals surface area contributed by atoms with Crippen molar-refractivity contribution in [3.8, 4) is 5.75 Å². The number of carbonyl (C=O) groups is 3. The maximum absolute atomic E-state index is 12.3. The van der Waals surface area contributed by atoms with Gasteiger partial charge in [-0.3, -0.25) is 9.59 Å². The van der Waals surface area contributed by atoms with Gasteiger partial charge in [-0.05, 0) is 12.1 Å². The Morgan fingerprint density at radius 3 is 2.57 bits per heavy atom. The van der Waals surface area contributed by atoms with E-state index in [2.05, 4.69) is 0 Å². The molecule has 1 fully saturated rings. The normalized spacial score (nSPS) is 20.8. The molecule has 122 valence electrons. The molecule has 1 aromatic carbocycles. The molecule has 2 atom stereocenters. The first kappa shape index (κ1) is 16.9. The lowest BCUT2D eigenvalue weighted by atomic mass is 10.1. The topological polar surface area (TPSA) is 115 Å². The van der Waals surface area contributed by atoms with E-state index in [1.165, 1.54) is 23.9 Å². The van der Waals surface area contributed by atoms with Crippen molar-refractivity contribution in [2.45, 2.75) is 17.8 Å². The molecule has 23 heavy (non-hydrogen) atoms. The molecule has 8 heteroatoms. The van der Waals surface area contributed by atoms with Gasteiger partial charge in [-0.1, -0.05) is 24.3 Å². The number of nitrogens with zero attached hydrogens (tertiary/aromatic N) is 1. The van der Waals surface area contributed by atoms with E-state index < -0.39 is 29.3 Å². The molecule has 1 unspecified atom stereocenters. The largest absolute Gasteiger partial charge is 0.508 e. The molecule has 0 spiro atoms. The van der Waals surface area contributed by atoms with Gasteiger partial charge < -0.3 is 20.2 Å². The number of benzene rings is 1. The van der Waals surface area contributed by atoms with Gasteiger partial charge in [0.15, 0.2) is 0 Å². The highest BCUT2D eigenvalue weighted by atomic mass is 32.2. The first-order chi connectivity index (χ1) is 10.9. The average molecular weight is 337 g/mol. The van der Waals surface area contributed by atoms with E-state index in [-0.39, 0.29) is 17.9 Å². The Balaban J connectivity index is 2.30. The van der Waals surface area contributed by atoms with Crippen LogP contribution in [-0.4, -0.2) is 49.9 Å². The molecule has 0 aromatic heterocycles. The number of hydrogen-bond donors (Lipinski definition) is 3. The second kappa shape index (κ2) is 7.19. The van der Waals surface area contributed by atoms with E-state index in [1.807, 2.05) is 0 Å². The van der Waals surface area contributed by atoms with Gasteiger partial charge in [0.25, 0.3) is 0 Å². The highest BCUT2D eigenvalue weighted by Gasteiger charge is 2.42. The Hall–Kier alpha value is -2.48. The summed E-state index contributed by atoms with van der Waals surface area (Å²) in [7, 11) is 0. The Labute approximate surface area is 136 Å². The quantitative estimate of drug-likeness (QED) is 0.697. The average Bonchev–Trinajstić information content (AvgIpc) is 2.92. The summed E-state index contributed by atoms with van der Waals surface area (Å²) in [6.07, 6.45) is 1.91. The maximum Gasteiger partial charge on any atom is 0.327 e. The van der Waals surface area contributed by atoms with Gasteiger partial charge in [0.1, 0.15) is 17.2 Å². The molecule has 1 aromatic rings. The lowest BCUT2D eigenvalue weighted by Gasteiger charge is -2.26. The molecule has 0 bridgehead atoms. The van der Waals surface area contributed by atoms with E-state index in [4.69, 9.17) is 5.11 Å². The number of hydrogen-bond acceptors (Lipinski definition) is 5. The number of thioether (sulfide) groups is 1. The zero-order valence-electron chi connectivity index (χ0n) is 12.0. The number of rotatable bonds is 5. The molecule has 7 nitrogen and oxygen atoms in total. The summed E-state index contributed by atoms with van der Waals surface area (Å²) in [5.41, 5.74) is 0.446. The lowest BCUT2D eigenvalue weighted by molar-refractivity contribution is -0.147. The Kier molecular flexibility index (Phi) is 5.28. The smallest absolute Gasteiger partial charge is 0.327 e. The second-order valence-corrected chi connectivity index (χ2v) is 5.96. The summed E-state index contributed by atoms with van der Waals surface area (Å²) >= 11 is 1.24. The first-order valence-electron chi connectivity index (χ1n) is 6.74. The summed E-state index contributed by atoms with van der Waals surface area (Å²) in [6.45, 7) is 0. The summed E-state index contributed by atoms with van der Waals surface area (Å²) in [5, 5.41) is 27.2. The minimum Gasteiger partial charge on any atom is -0.508 e. The van der Waals surface area contributed by atoms with E-state index in [0.29, 0.717) is 5.56 Å². The van der Waals surface area contributed by atoms with Crippen LogP contribution in [0.25, 0.3) is 0 Å². The molecule has 2 rings (SSSR count). The first-order valence-corrected chi connectivity index (χ1v) is 7.79. The monoisotopic (exact) mass is 337 g/mol. The lowest BCUT2D eigenvalue weighted by Crippen LogP contribution is -2.42. The predicted octanol–water partition coefficient (Wildman–Crippen LogP) is 1.45. The number of carboxylic acids is 2. The number of aliphatic carboxylic acids is 2. The SMILES string of the molecule is O=C(O)CC=CC(=O)N1C(c2ccccc2O)SC[C@H]1C(=O)O. The Morgan fingerprint density at radius 1 is 1.26 bits per heavy atom. The van der Waals surface area contributed by atoms with Gasteiger partial charge in [-0.25, -0.2) is 4.79 Å². The fourth-order valence-electron chi connectivity index (χ4n) is 2.25. The van der Waals surface area contributed by atoms with Gasteiger partial charge in [-0.15, -0.1) is 11.8 Å². The minimum absolute atomic E-state index is 0.0247. The second-order valence-electron chi connectivity index (χ2n) is 4.84. The number of carboxylic acid groups (broad SMARTS) is 2. The number of carbonyl (C=O) groups excluding carboxylic acids is 1. The van der Waals surface area contributed by atoms with Crippen LogP contribution in [0.2, 0.25) is 0 Å². The molecule has 0 radical (unpaired) electrons. The van der Waals surface area contributed by atoms with Crippen molar-refractivity contribution in [2.24, 2.45) is 0 Å². The van der Waals surface area contributed by atoms with Gasteiger partial charge in [0.2, 0.25) is 5.91 Å². The van der Waals surface area contributed by atoms with Crippen LogP contribution < -0.4 is 0 Å². The zero-order chi connectivity index (χ0) is 17.0. The zero-order valence-corrected chi connectivity index (χ0v) is 12.8. The number of phenols is 1. The summed E-state index contributed by atoms with van der Waals surface area (Å²) in [6, 6.07) is 5.37. The fourth-order valence-corrected chi connectivity index (χ4v) is 3.71. The number of para-hydroxylation sites is 1. The van der Waals surface area contributed by atoms with Gasteiger partial charge >= 0.3 is 11.9 Å². The summed E-state index contributed by atoms with van der Waals surface area (Å²) in [5.74, 6) is -2.67. The Bertz CT molecular complexity index is 659. The number of aromatic hydroxyl groups is 1. The van der Waals surface area contributed by atoms with Crippen molar-refractivity contribution >= 4 is 29.6 Å². The van der Waals surface area contributed by atoms with Gasteiger partial charge in [-0.2, -0.15) is 0 Å². The van der Waals surface area contributed by atoms with E-state index >= 15 is 0 Å². The molecule has 1 amide bonds. The van der Waals surface area contributed by atoms with Crippen LogP contribution in [0.3, 0.4) is 0 Å². The van der Waals surface area contributed by atoms with E-state index in [9.17, 15) is 24.6 Å². The molecular formula is C15H15NO6S. The molecular weight excluding hydrogens is 322 g/mol. The van der Waals surface area contributed by atoms with Crippen molar-refractivity contribution in [2.75, 3.05) is 5.75 Å². The van der Waals surface area contributed by atoms with Crippen LogP contribution in [0, 0.1) is 0 Å². The number of phenolic OH excluding ortho intramolecular Hbond substituents is 1. The minimum atomic E-state index is -1.14. The molecule has 0 aliphatic carbocycles. The molecule has 1 aliphatic heterocycles. The predicted molar refractivity (Wildman–Crippen MR) is 83.0 cm³/mol. The van der Waals surface area contributed by atoms with E-state index in [0.717, 1.165) is 11.0 Å². The molecule has 1 saturated heterocycles. The highest BCUT2D eigenvalue weighted by Crippen LogP contribution is 2.44. The van der Waals surface area contributed by atoms with Gasteiger partial charge in [0, 0.05) is 11.3 Å².